The van der Waals surface area contributed by atoms with Crippen LogP contribution < -0.4 is 10.6 Å². The van der Waals surface area contributed by atoms with E-state index in [2.05, 4.69) is 15.6 Å². The van der Waals surface area contributed by atoms with Crippen molar-refractivity contribution in [2.24, 2.45) is 4.99 Å². The van der Waals surface area contributed by atoms with E-state index in [1.54, 1.807) is 7.05 Å². The molecule has 5 nitrogen and oxygen atoms in total. The number of piperidine rings is 1. The third-order valence-electron chi connectivity index (χ3n) is 4.04. The van der Waals surface area contributed by atoms with E-state index in [4.69, 9.17) is 0 Å². The molecular weight excluding hydrogens is 240 g/mol. The first-order chi connectivity index (χ1) is 9.29. The zero-order chi connectivity index (χ0) is 13.5. The molecular formula is C14H26N4O. The van der Waals surface area contributed by atoms with E-state index in [9.17, 15) is 4.79 Å². The number of hydrogen-bond donors (Lipinski definition) is 2. The van der Waals surface area contributed by atoms with Gasteiger partial charge in [-0.3, -0.25) is 9.79 Å². The summed E-state index contributed by atoms with van der Waals surface area (Å²) in [5.74, 6) is 0.950. The lowest BCUT2D eigenvalue weighted by atomic mass is 10.1. The van der Waals surface area contributed by atoms with Crippen LogP contribution >= 0.6 is 0 Å². The van der Waals surface area contributed by atoms with Crippen LogP contribution in [0.5, 0.6) is 0 Å². The highest BCUT2D eigenvalue weighted by molar-refractivity contribution is 5.86. The summed E-state index contributed by atoms with van der Waals surface area (Å²) in [6.45, 7) is 2.18. The minimum absolute atomic E-state index is 0.189. The van der Waals surface area contributed by atoms with Gasteiger partial charge in [0.05, 0.1) is 6.54 Å². The minimum atomic E-state index is 0.189. The summed E-state index contributed by atoms with van der Waals surface area (Å²) in [4.78, 5) is 18.2. The van der Waals surface area contributed by atoms with Gasteiger partial charge in [-0.25, -0.2) is 0 Å². The van der Waals surface area contributed by atoms with Gasteiger partial charge in [0, 0.05) is 26.2 Å². The topological polar surface area (TPSA) is 56.7 Å². The van der Waals surface area contributed by atoms with E-state index < -0.39 is 0 Å². The number of carbonyl (C=O) groups is 1. The number of guanidine groups is 1. The van der Waals surface area contributed by atoms with Gasteiger partial charge in [0.15, 0.2) is 5.96 Å². The minimum Gasteiger partial charge on any atom is -0.354 e. The van der Waals surface area contributed by atoms with Crippen LogP contribution in [0.3, 0.4) is 0 Å². The first-order valence-electron chi connectivity index (χ1n) is 7.54. The van der Waals surface area contributed by atoms with Crippen LogP contribution in [-0.4, -0.2) is 49.5 Å². The van der Waals surface area contributed by atoms with E-state index >= 15 is 0 Å². The van der Waals surface area contributed by atoms with Crippen molar-refractivity contribution in [3.63, 3.8) is 0 Å². The fourth-order valence-corrected chi connectivity index (χ4v) is 2.87. The van der Waals surface area contributed by atoms with Crippen molar-refractivity contribution in [2.75, 3.05) is 26.7 Å². The van der Waals surface area contributed by atoms with Gasteiger partial charge in [-0.15, -0.1) is 0 Å². The predicted octanol–water partition coefficient (Wildman–Crippen LogP) is 1.11. The third-order valence-corrected chi connectivity index (χ3v) is 4.04. The highest BCUT2D eigenvalue weighted by Gasteiger charge is 2.18. The molecule has 0 bridgehead atoms. The standard InChI is InChI=1S/C14H26N4O/c1-15-14(17-12-7-3-4-8-12)16-11-13(19)18-9-5-2-6-10-18/h12H,2-11H2,1H3,(H2,15,16,17). The van der Waals surface area contributed by atoms with Gasteiger partial charge in [-0.2, -0.15) is 0 Å². The molecule has 1 saturated carbocycles. The van der Waals surface area contributed by atoms with Crippen LogP contribution in [0.1, 0.15) is 44.9 Å². The van der Waals surface area contributed by atoms with Crippen molar-refractivity contribution in [2.45, 2.75) is 51.0 Å². The van der Waals surface area contributed by atoms with E-state index in [-0.39, 0.29) is 5.91 Å². The van der Waals surface area contributed by atoms with Crippen LogP contribution in [0.4, 0.5) is 0 Å². The molecule has 0 aromatic rings. The molecule has 2 aliphatic rings. The molecule has 2 fully saturated rings. The SMILES string of the molecule is CN=C(NCC(=O)N1CCCCC1)NC1CCCC1. The second kappa shape index (κ2) is 7.36. The largest absolute Gasteiger partial charge is 0.354 e. The molecule has 0 unspecified atom stereocenters. The smallest absolute Gasteiger partial charge is 0.241 e. The quantitative estimate of drug-likeness (QED) is 0.594. The Morgan fingerprint density at radius 1 is 1.16 bits per heavy atom. The summed E-state index contributed by atoms with van der Waals surface area (Å²) in [5.41, 5.74) is 0. The van der Waals surface area contributed by atoms with Crippen LogP contribution in [0, 0.1) is 0 Å². The molecule has 0 aromatic carbocycles. The van der Waals surface area contributed by atoms with Gasteiger partial charge in [-0.1, -0.05) is 12.8 Å². The van der Waals surface area contributed by atoms with Crippen molar-refractivity contribution in [3.8, 4) is 0 Å². The van der Waals surface area contributed by atoms with Gasteiger partial charge in [0.2, 0.25) is 5.91 Å². The Bertz CT molecular complexity index is 317. The second-order valence-electron chi connectivity index (χ2n) is 5.49. The number of likely N-dealkylation sites (tertiary alicyclic amines) is 1. The van der Waals surface area contributed by atoms with Gasteiger partial charge in [-0.05, 0) is 32.1 Å². The summed E-state index contributed by atoms with van der Waals surface area (Å²) in [6.07, 6.45) is 8.54. The lowest BCUT2D eigenvalue weighted by Crippen LogP contribution is -2.47. The first kappa shape index (κ1) is 14.2. The fraction of sp³-hybridized carbons (Fsp3) is 0.857. The summed E-state index contributed by atoms with van der Waals surface area (Å²) >= 11 is 0. The molecule has 0 spiro atoms. The summed E-state index contributed by atoms with van der Waals surface area (Å²) in [7, 11) is 1.76. The van der Waals surface area contributed by atoms with Gasteiger partial charge < -0.3 is 15.5 Å². The molecule has 0 atom stereocenters. The maximum absolute atomic E-state index is 12.0. The zero-order valence-corrected chi connectivity index (χ0v) is 12.0. The third kappa shape index (κ3) is 4.40. The second-order valence-corrected chi connectivity index (χ2v) is 5.49. The first-order valence-corrected chi connectivity index (χ1v) is 7.54. The Kier molecular flexibility index (Phi) is 5.48. The molecule has 108 valence electrons. The van der Waals surface area contributed by atoms with E-state index in [1.807, 2.05) is 4.90 Å². The van der Waals surface area contributed by atoms with Crippen molar-refractivity contribution in [3.05, 3.63) is 0 Å². The molecule has 19 heavy (non-hydrogen) atoms. The molecule has 5 heteroatoms. The van der Waals surface area contributed by atoms with Crippen molar-refractivity contribution in [1.29, 1.82) is 0 Å². The van der Waals surface area contributed by atoms with Gasteiger partial charge in [0.1, 0.15) is 0 Å². The highest BCUT2D eigenvalue weighted by Crippen LogP contribution is 2.17. The Balaban J connectivity index is 1.71. The number of aliphatic imine (C=N–C) groups is 1. The Labute approximate surface area is 115 Å². The van der Waals surface area contributed by atoms with Gasteiger partial charge in [0.25, 0.3) is 0 Å². The number of rotatable bonds is 3. The van der Waals surface area contributed by atoms with E-state index in [1.165, 1.54) is 32.1 Å². The van der Waals surface area contributed by atoms with Crippen molar-refractivity contribution >= 4 is 11.9 Å². The maximum atomic E-state index is 12.0. The molecule has 1 aliphatic carbocycles. The molecule has 1 saturated heterocycles. The Morgan fingerprint density at radius 2 is 1.84 bits per heavy atom. The normalized spacial score (nSPS) is 21.5. The monoisotopic (exact) mass is 266 g/mol. The highest BCUT2D eigenvalue weighted by atomic mass is 16.2. The lowest BCUT2D eigenvalue weighted by molar-refractivity contribution is -0.130. The lowest BCUT2D eigenvalue weighted by Gasteiger charge is -2.27. The molecule has 1 heterocycles. The number of amides is 1. The van der Waals surface area contributed by atoms with Crippen LogP contribution in [0.25, 0.3) is 0 Å². The number of carbonyl (C=O) groups excluding carboxylic acids is 1. The van der Waals surface area contributed by atoms with Crippen LogP contribution in [0.2, 0.25) is 0 Å². The molecule has 0 aromatic heterocycles. The summed E-state index contributed by atoms with van der Waals surface area (Å²) in [6, 6.07) is 0.524. The van der Waals surface area contributed by atoms with Crippen LogP contribution in [-0.2, 0) is 4.79 Å². The van der Waals surface area contributed by atoms with Crippen LogP contribution in [0.15, 0.2) is 4.99 Å². The van der Waals surface area contributed by atoms with E-state index in [0.717, 1.165) is 31.9 Å². The molecule has 2 rings (SSSR count). The maximum Gasteiger partial charge on any atom is 0.241 e. The summed E-state index contributed by atoms with van der Waals surface area (Å²) < 4.78 is 0. The number of nitrogens with zero attached hydrogens (tertiary/aromatic N) is 2. The Hall–Kier alpha value is -1.26. The van der Waals surface area contributed by atoms with Crippen molar-refractivity contribution in [1.82, 2.24) is 15.5 Å². The van der Waals surface area contributed by atoms with E-state index in [0.29, 0.717) is 12.6 Å². The number of hydrogen-bond acceptors (Lipinski definition) is 2. The Morgan fingerprint density at radius 3 is 2.47 bits per heavy atom. The number of nitrogens with one attached hydrogen (secondary N) is 2. The summed E-state index contributed by atoms with van der Waals surface area (Å²) in [5, 5.41) is 6.53. The average Bonchev–Trinajstić information content (AvgIpc) is 2.97. The zero-order valence-electron chi connectivity index (χ0n) is 12.0. The predicted molar refractivity (Wildman–Crippen MR) is 77.2 cm³/mol. The van der Waals surface area contributed by atoms with Crippen molar-refractivity contribution < 1.29 is 4.79 Å². The fourth-order valence-electron chi connectivity index (χ4n) is 2.87. The molecule has 2 N–H and O–H groups in total. The van der Waals surface area contributed by atoms with Gasteiger partial charge >= 0.3 is 0 Å². The molecule has 1 aliphatic heterocycles. The molecule has 0 radical (unpaired) electrons. The average molecular weight is 266 g/mol. The molecule has 1 amide bonds.